The van der Waals surface area contributed by atoms with Crippen LogP contribution in [0.1, 0.15) is 48.0 Å². The number of fused-ring (bicyclic) bond motifs is 1. The number of hydrogen-bond acceptors (Lipinski definition) is 6. The first-order valence-corrected chi connectivity index (χ1v) is 11.7. The topological polar surface area (TPSA) is 87.3 Å². The van der Waals surface area contributed by atoms with E-state index in [1.165, 1.54) is 17.8 Å². The van der Waals surface area contributed by atoms with Gasteiger partial charge in [-0.2, -0.15) is 0 Å². The number of nitrogens with zero attached hydrogens (tertiary/aromatic N) is 2. The van der Waals surface area contributed by atoms with Gasteiger partial charge in [-0.15, -0.1) is 0 Å². The van der Waals surface area contributed by atoms with Gasteiger partial charge in [-0.1, -0.05) is 36.5 Å². The number of esters is 1. The number of anilines is 1. The van der Waals surface area contributed by atoms with Crippen molar-refractivity contribution in [3.8, 4) is 0 Å². The molecular formula is C23H28N4O3S. The summed E-state index contributed by atoms with van der Waals surface area (Å²) in [7, 11) is 0. The van der Waals surface area contributed by atoms with Crippen molar-refractivity contribution in [2.24, 2.45) is 0 Å². The molecule has 164 valence electrons. The van der Waals surface area contributed by atoms with Crippen LogP contribution in [-0.2, 0) is 16.0 Å². The molecule has 0 saturated carbocycles. The number of hydrogen-bond donors (Lipinski definition) is 2. The van der Waals surface area contributed by atoms with E-state index in [0.717, 1.165) is 54.1 Å². The third-order valence-corrected chi connectivity index (χ3v) is 6.45. The highest BCUT2D eigenvalue weighted by Crippen LogP contribution is 2.25. The number of para-hydroxylation sites is 1. The van der Waals surface area contributed by atoms with Gasteiger partial charge in [0, 0.05) is 30.7 Å². The Morgan fingerprint density at radius 3 is 2.84 bits per heavy atom. The number of carbonyl (C=O) groups excluding carboxylic acids is 2. The molecule has 1 amide bonds. The summed E-state index contributed by atoms with van der Waals surface area (Å²) in [4.78, 5) is 36.1. The van der Waals surface area contributed by atoms with Gasteiger partial charge in [0.25, 0.3) is 5.91 Å². The first kappa shape index (κ1) is 21.4. The number of aromatic amines is 1. The quantitative estimate of drug-likeness (QED) is 0.519. The molecule has 0 bridgehead atoms. The van der Waals surface area contributed by atoms with E-state index >= 15 is 0 Å². The van der Waals surface area contributed by atoms with E-state index in [1.54, 1.807) is 6.20 Å². The molecule has 2 N–H and O–H groups in total. The smallest absolute Gasteiger partial charge is 0.329 e. The van der Waals surface area contributed by atoms with E-state index in [9.17, 15) is 9.59 Å². The maximum absolute atomic E-state index is 12.9. The van der Waals surface area contributed by atoms with Crippen LogP contribution in [0, 0.1) is 0 Å². The van der Waals surface area contributed by atoms with Gasteiger partial charge in [0.15, 0.2) is 5.13 Å². The second kappa shape index (κ2) is 9.96. The monoisotopic (exact) mass is 440 g/mol. The van der Waals surface area contributed by atoms with Crippen molar-refractivity contribution in [3.05, 3.63) is 47.1 Å². The molecule has 7 nitrogen and oxygen atoms in total. The molecule has 0 aliphatic carbocycles. The molecule has 1 aliphatic rings. The Kier molecular flexibility index (Phi) is 6.86. The zero-order chi connectivity index (χ0) is 21.6. The Balaban J connectivity index is 1.47. The first-order chi connectivity index (χ1) is 15.1. The van der Waals surface area contributed by atoms with E-state index in [2.05, 4.69) is 20.2 Å². The van der Waals surface area contributed by atoms with E-state index < -0.39 is 12.0 Å². The summed E-state index contributed by atoms with van der Waals surface area (Å²) >= 11 is 1.37. The van der Waals surface area contributed by atoms with Gasteiger partial charge < -0.3 is 19.9 Å². The number of nitrogens with one attached hydrogen (secondary N) is 2. The summed E-state index contributed by atoms with van der Waals surface area (Å²) in [5.74, 6) is -0.718. The molecule has 2 aromatic heterocycles. The third-order valence-electron chi connectivity index (χ3n) is 5.39. The van der Waals surface area contributed by atoms with Gasteiger partial charge in [0.1, 0.15) is 10.9 Å². The zero-order valence-electron chi connectivity index (χ0n) is 17.7. The molecule has 0 radical (unpaired) electrons. The third kappa shape index (κ3) is 5.25. The van der Waals surface area contributed by atoms with Crippen molar-refractivity contribution in [1.29, 1.82) is 0 Å². The molecule has 1 aliphatic heterocycles. The van der Waals surface area contributed by atoms with Crippen LogP contribution in [-0.4, -0.2) is 47.6 Å². The predicted octanol–water partition coefficient (Wildman–Crippen LogP) is 3.91. The normalized spacial score (nSPS) is 15.1. The molecule has 3 aromatic rings. The van der Waals surface area contributed by atoms with Crippen LogP contribution >= 0.6 is 11.3 Å². The molecule has 1 unspecified atom stereocenters. The van der Waals surface area contributed by atoms with Crippen molar-refractivity contribution in [3.63, 3.8) is 0 Å². The Morgan fingerprint density at radius 1 is 1.26 bits per heavy atom. The number of aromatic nitrogens is 2. The summed E-state index contributed by atoms with van der Waals surface area (Å²) in [5, 5.41) is 4.80. The van der Waals surface area contributed by atoms with Crippen LogP contribution in [0.5, 0.6) is 0 Å². The molecule has 1 saturated heterocycles. The Bertz CT molecular complexity index is 1010. The molecule has 3 heterocycles. The van der Waals surface area contributed by atoms with E-state index in [-0.39, 0.29) is 5.91 Å². The van der Waals surface area contributed by atoms with Gasteiger partial charge in [0.05, 0.1) is 12.8 Å². The minimum absolute atomic E-state index is 0.296. The highest BCUT2D eigenvalue weighted by Gasteiger charge is 2.26. The minimum Gasteiger partial charge on any atom is -0.464 e. The van der Waals surface area contributed by atoms with E-state index in [4.69, 9.17) is 4.74 Å². The number of carbonyl (C=O) groups is 2. The zero-order valence-corrected chi connectivity index (χ0v) is 18.5. The van der Waals surface area contributed by atoms with Crippen LogP contribution in [0.4, 0.5) is 5.13 Å². The Hall–Kier alpha value is -2.87. The lowest BCUT2D eigenvalue weighted by atomic mass is 10.1. The van der Waals surface area contributed by atoms with Crippen molar-refractivity contribution in [2.75, 3.05) is 24.6 Å². The van der Waals surface area contributed by atoms with Crippen molar-refractivity contribution >= 4 is 39.2 Å². The number of thiazole rings is 1. The van der Waals surface area contributed by atoms with Crippen LogP contribution in [0.3, 0.4) is 0 Å². The van der Waals surface area contributed by atoms with Crippen molar-refractivity contribution < 1.29 is 14.3 Å². The number of piperidine rings is 1. The van der Waals surface area contributed by atoms with Gasteiger partial charge in [-0.05, 0) is 43.2 Å². The standard InChI is InChI=1S/C23H28N4O3S/c1-2-12-30-22(29)19(14-17-13-16-8-4-5-9-18(16)25-17)26-21(28)20-15-24-23(31-20)27-10-6-3-7-11-27/h4-5,8-9,13,15,19,25H,2-3,6-7,10-12,14H2,1H3,(H,26,28). The molecule has 1 fully saturated rings. The van der Waals surface area contributed by atoms with E-state index in [1.807, 2.05) is 37.3 Å². The largest absolute Gasteiger partial charge is 0.464 e. The average molecular weight is 441 g/mol. The maximum Gasteiger partial charge on any atom is 0.329 e. The lowest BCUT2D eigenvalue weighted by Crippen LogP contribution is -2.43. The molecule has 8 heteroatoms. The number of amides is 1. The fourth-order valence-corrected chi connectivity index (χ4v) is 4.66. The fourth-order valence-electron chi connectivity index (χ4n) is 3.79. The molecule has 1 atom stereocenters. The number of rotatable bonds is 8. The highest BCUT2D eigenvalue weighted by atomic mass is 32.1. The van der Waals surface area contributed by atoms with Crippen LogP contribution in [0.25, 0.3) is 10.9 Å². The lowest BCUT2D eigenvalue weighted by molar-refractivity contribution is -0.145. The van der Waals surface area contributed by atoms with Gasteiger partial charge >= 0.3 is 5.97 Å². The maximum atomic E-state index is 12.9. The SMILES string of the molecule is CCCOC(=O)C(Cc1cc2ccccc2[nH]1)NC(=O)c1cnc(N2CCCCC2)s1. The van der Waals surface area contributed by atoms with Gasteiger partial charge in [-0.25, -0.2) is 9.78 Å². The summed E-state index contributed by atoms with van der Waals surface area (Å²) in [6.45, 7) is 4.22. The van der Waals surface area contributed by atoms with Gasteiger partial charge in [-0.3, -0.25) is 4.79 Å². The molecule has 31 heavy (non-hydrogen) atoms. The molecule has 1 aromatic carbocycles. The minimum atomic E-state index is -0.771. The summed E-state index contributed by atoms with van der Waals surface area (Å²) in [5.41, 5.74) is 1.87. The summed E-state index contributed by atoms with van der Waals surface area (Å²) in [6.07, 6.45) is 6.20. The van der Waals surface area contributed by atoms with Crippen molar-refractivity contribution in [2.45, 2.75) is 45.1 Å². The Labute approximate surface area is 185 Å². The van der Waals surface area contributed by atoms with Crippen LogP contribution in [0.15, 0.2) is 36.5 Å². The summed E-state index contributed by atoms with van der Waals surface area (Å²) < 4.78 is 5.35. The summed E-state index contributed by atoms with van der Waals surface area (Å²) in [6, 6.07) is 9.16. The van der Waals surface area contributed by atoms with Gasteiger partial charge in [0.2, 0.25) is 0 Å². The average Bonchev–Trinajstić information content (AvgIpc) is 3.44. The van der Waals surface area contributed by atoms with Crippen LogP contribution in [0.2, 0.25) is 0 Å². The molecular weight excluding hydrogens is 412 g/mol. The lowest BCUT2D eigenvalue weighted by Gasteiger charge is -2.25. The second-order valence-electron chi connectivity index (χ2n) is 7.83. The van der Waals surface area contributed by atoms with Crippen LogP contribution < -0.4 is 10.2 Å². The molecule has 0 spiro atoms. The Morgan fingerprint density at radius 2 is 2.06 bits per heavy atom. The predicted molar refractivity (Wildman–Crippen MR) is 123 cm³/mol. The second-order valence-corrected chi connectivity index (χ2v) is 8.84. The number of H-pyrrole nitrogens is 1. The highest BCUT2D eigenvalue weighted by molar-refractivity contribution is 7.17. The fraction of sp³-hybridized carbons (Fsp3) is 0.435. The number of ether oxygens (including phenoxy) is 1. The van der Waals surface area contributed by atoms with Crippen molar-refractivity contribution in [1.82, 2.24) is 15.3 Å². The molecule has 4 rings (SSSR count). The first-order valence-electron chi connectivity index (χ1n) is 10.9. The number of benzene rings is 1. The van der Waals surface area contributed by atoms with E-state index in [0.29, 0.717) is 17.9 Å².